The molecule has 0 bridgehead atoms. The van der Waals surface area contributed by atoms with Gasteiger partial charge in [0.2, 0.25) is 0 Å². The standard InChI is InChI=1S/C13H24O10P2/c1-7-22-12(14)11(13(15)23-8-2)10(25(17,20-5)21-6)9-24(16,18-3)19-4/h9,11H,7-8H2,1-6H3. The molecule has 0 aromatic heterocycles. The van der Waals surface area contributed by atoms with Crippen molar-refractivity contribution in [2.75, 3.05) is 41.7 Å². The normalized spacial score (nSPS) is 13.0. The highest BCUT2D eigenvalue weighted by atomic mass is 31.2. The molecule has 0 aromatic carbocycles. The molecule has 0 atom stereocenters. The first-order valence-electron chi connectivity index (χ1n) is 7.17. The molecule has 12 heteroatoms. The smallest absolute Gasteiger partial charge is 0.358 e. The van der Waals surface area contributed by atoms with Crippen LogP contribution in [0.25, 0.3) is 0 Å². The highest BCUT2D eigenvalue weighted by Gasteiger charge is 2.46. The fourth-order valence-electron chi connectivity index (χ4n) is 1.72. The SMILES string of the molecule is CCOC(=O)C(C(=O)OCC)C(=CP(=O)(OC)OC)P(=O)(OC)OC. The van der Waals surface area contributed by atoms with E-state index in [4.69, 9.17) is 27.6 Å². The molecule has 0 saturated carbocycles. The van der Waals surface area contributed by atoms with Crippen LogP contribution in [0.5, 0.6) is 0 Å². The van der Waals surface area contributed by atoms with Gasteiger partial charge in [-0.25, -0.2) is 0 Å². The molecule has 0 N–H and O–H groups in total. The van der Waals surface area contributed by atoms with Crippen LogP contribution in [-0.4, -0.2) is 53.6 Å². The Balaban J connectivity index is 6.51. The molecule has 10 nitrogen and oxygen atoms in total. The van der Waals surface area contributed by atoms with E-state index in [9.17, 15) is 18.7 Å². The highest BCUT2D eigenvalue weighted by molar-refractivity contribution is 7.62. The number of hydrogen-bond acceptors (Lipinski definition) is 10. The van der Waals surface area contributed by atoms with Crippen LogP contribution >= 0.6 is 15.2 Å². The molecule has 0 spiro atoms. The zero-order valence-corrected chi connectivity index (χ0v) is 16.8. The molecule has 0 fully saturated rings. The molecule has 146 valence electrons. The highest BCUT2D eigenvalue weighted by Crippen LogP contribution is 2.62. The van der Waals surface area contributed by atoms with Gasteiger partial charge in [-0.05, 0) is 13.8 Å². The van der Waals surface area contributed by atoms with Gasteiger partial charge in [0.1, 0.15) is 0 Å². The van der Waals surface area contributed by atoms with Crippen molar-refractivity contribution >= 4 is 27.1 Å². The van der Waals surface area contributed by atoms with Crippen LogP contribution in [0.15, 0.2) is 11.1 Å². The van der Waals surface area contributed by atoms with Crippen LogP contribution in [0.1, 0.15) is 13.8 Å². The molecule has 0 radical (unpaired) electrons. The maximum absolute atomic E-state index is 12.9. The van der Waals surface area contributed by atoms with Crippen molar-refractivity contribution in [3.8, 4) is 0 Å². The van der Waals surface area contributed by atoms with Crippen molar-refractivity contribution in [3.05, 3.63) is 11.1 Å². The molecule has 0 aliphatic rings. The number of carbonyl (C=O) groups excluding carboxylic acids is 2. The second kappa shape index (κ2) is 10.9. The lowest BCUT2D eigenvalue weighted by molar-refractivity contribution is -0.159. The summed E-state index contributed by atoms with van der Waals surface area (Å²) >= 11 is 0. The average molecular weight is 402 g/mol. The third kappa shape index (κ3) is 6.33. The van der Waals surface area contributed by atoms with Crippen molar-refractivity contribution in [2.45, 2.75) is 13.8 Å². The lowest BCUT2D eigenvalue weighted by Crippen LogP contribution is -2.30. The summed E-state index contributed by atoms with van der Waals surface area (Å²) in [5.74, 6) is -3.22. The summed E-state index contributed by atoms with van der Waals surface area (Å²) < 4.78 is 54.2. The Morgan fingerprint density at radius 3 is 1.52 bits per heavy atom. The van der Waals surface area contributed by atoms with Crippen LogP contribution in [0.3, 0.4) is 0 Å². The van der Waals surface area contributed by atoms with Gasteiger partial charge in [0.25, 0.3) is 0 Å². The first-order chi connectivity index (χ1) is 11.7. The summed E-state index contributed by atoms with van der Waals surface area (Å²) in [5, 5.41) is -0.554. The topological polar surface area (TPSA) is 124 Å². The van der Waals surface area contributed by atoms with E-state index in [2.05, 4.69) is 0 Å². The van der Waals surface area contributed by atoms with E-state index in [1.54, 1.807) is 0 Å². The second-order valence-electron chi connectivity index (χ2n) is 4.26. The molecule has 0 saturated heterocycles. The molecular formula is C13H24O10P2. The van der Waals surface area contributed by atoms with Gasteiger partial charge < -0.3 is 27.6 Å². The quantitative estimate of drug-likeness (QED) is 0.289. The Bertz CT molecular complexity index is 551. The summed E-state index contributed by atoms with van der Waals surface area (Å²) in [7, 11) is -3.91. The van der Waals surface area contributed by atoms with Crippen molar-refractivity contribution in [1.82, 2.24) is 0 Å². The van der Waals surface area contributed by atoms with E-state index in [0.717, 1.165) is 34.3 Å². The summed E-state index contributed by atoms with van der Waals surface area (Å²) in [6.07, 6.45) is 0. The predicted molar refractivity (Wildman–Crippen MR) is 88.1 cm³/mol. The molecule has 0 aromatic rings. The molecule has 0 aliphatic heterocycles. The minimum absolute atomic E-state index is 0.0570. The minimum atomic E-state index is -4.20. The van der Waals surface area contributed by atoms with E-state index in [1.165, 1.54) is 13.8 Å². The Kier molecular flexibility index (Phi) is 10.4. The summed E-state index contributed by atoms with van der Waals surface area (Å²) in [4.78, 5) is 24.5. The summed E-state index contributed by atoms with van der Waals surface area (Å²) in [6.45, 7) is 2.92. The first kappa shape index (κ1) is 24.0. The average Bonchev–Trinajstić information content (AvgIpc) is 2.60. The van der Waals surface area contributed by atoms with Crippen molar-refractivity contribution < 1.29 is 46.3 Å². The maximum atomic E-state index is 12.9. The van der Waals surface area contributed by atoms with Crippen molar-refractivity contribution in [2.24, 2.45) is 5.92 Å². The number of hydrogen-bond donors (Lipinski definition) is 0. The zero-order valence-electron chi connectivity index (χ0n) is 15.0. The zero-order chi connectivity index (χ0) is 19.7. The van der Waals surface area contributed by atoms with Crippen LogP contribution in [-0.2, 0) is 46.3 Å². The predicted octanol–water partition coefficient (Wildman–Crippen LogP) is 2.54. The van der Waals surface area contributed by atoms with Gasteiger partial charge in [0, 0.05) is 34.3 Å². The summed E-state index contributed by atoms with van der Waals surface area (Å²) in [6, 6.07) is 0. The number of carbonyl (C=O) groups is 2. The maximum Gasteiger partial charge on any atom is 0.358 e. The van der Waals surface area contributed by atoms with E-state index >= 15 is 0 Å². The third-order valence-electron chi connectivity index (χ3n) is 2.94. The van der Waals surface area contributed by atoms with Crippen LogP contribution in [0.2, 0.25) is 0 Å². The van der Waals surface area contributed by atoms with Gasteiger partial charge in [0.15, 0.2) is 5.92 Å². The molecule has 0 unspecified atom stereocenters. The van der Waals surface area contributed by atoms with Crippen molar-refractivity contribution in [1.29, 1.82) is 0 Å². The fourth-order valence-corrected chi connectivity index (χ4v) is 4.64. The number of ether oxygens (including phenoxy) is 2. The van der Waals surface area contributed by atoms with E-state index in [0.29, 0.717) is 0 Å². The monoisotopic (exact) mass is 402 g/mol. The van der Waals surface area contributed by atoms with Gasteiger partial charge in [-0.3, -0.25) is 18.7 Å². The van der Waals surface area contributed by atoms with E-state index in [1.807, 2.05) is 0 Å². The first-order valence-corrected chi connectivity index (χ1v) is 10.3. The van der Waals surface area contributed by atoms with Crippen LogP contribution < -0.4 is 0 Å². The van der Waals surface area contributed by atoms with Crippen LogP contribution in [0.4, 0.5) is 0 Å². The third-order valence-corrected chi connectivity index (χ3v) is 6.73. The van der Waals surface area contributed by atoms with Gasteiger partial charge in [-0.2, -0.15) is 0 Å². The molecule has 25 heavy (non-hydrogen) atoms. The van der Waals surface area contributed by atoms with Crippen LogP contribution in [0, 0.1) is 5.92 Å². The lowest BCUT2D eigenvalue weighted by Gasteiger charge is -2.23. The molecule has 0 heterocycles. The number of esters is 2. The Morgan fingerprint density at radius 1 is 0.840 bits per heavy atom. The largest absolute Gasteiger partial charge is 0.465 e. The molecule has 0 aliphatic carbocycles. The van der Waals surface area contributed by atoms with E-state index in [-0.39, 0.29) is 13.2 Å². The Morgan fingerprint density at radius 2 is 1.24 bits per heavy atom. The Hall–Kier alpha value is -1.02. The second-order valence-corrected chi connectivity index (χ2v) is 8.57. The molecular weight excluding hydrogens is 378 g/mol. The van der Waals surface area contributed by atoms with Gasteiger partial charge in [0.05, 0.1) is 18.5 Å². The molecule has 0 rings (SSSR count). The van der Waals surface area contributed by atoms with Gasteiger partial charge >= 0.3 is 27.1 Å². The number of rotatable bonds is 11. The lowest BCUT2D eigenvalue weighted by atomic mass is 10.1. The summed E-state index contributed by atoms with van der Waals surface area (Å²) in [5.41, 5.74) is 0. The Labute approximate surface area is 146 Å². The van der Waals surface area contributed by atoms with E-state index < -0.39 is 38.4 Å². The van der Waals surface area contributed by atoms with Gasteiger partial charge in [-0.15, -0.1) is 0 Å². The van der Waals surface area contributed by atoms with Crippen molar-refractivity contribution in [3.63, 3.8) is 0 Å². The fraction of sp³-hybridized carbons (Fsp3) is 0.692. The molecule has 0 amide bonds. The minimum Gasteiger partial charge on any atom is -0.465 e. The van der Waals surface area contributed by atoms with Gasteiger partial charge in [-0.1, -0.05) is 0 Å².